The second-order valence-corrected chi connectivity index (χ2v) is 5.88. The predicted molar refractivity (Wildman–Crippen MR) is 87.1 cm³/mol. The van der Waals surface area contributed by atoms with Crippen LogP contribution >= 0.6 is 15.9 Å². The molecule has 0 bridgehead atoms. The van der Waals surface area contributed by atoms with Crippen molar-refractivity contribution in [2.24, 2.45) is 0 Å². The summed E-state index contributed by atoms with van der Waals surface area (Å²) in [6, 6.07) is 15.0. The minimum absolute atomic E-state index is 0.315. The lowest BCUT2D eigenvalue weighted by Gasteiger charge is -2.15. The van der Waals surface area contributed by atoms with Gasteiger partial charge in [0, 0.05) is 17.1 Å². The first-order chi connectivity index (χ1) is 9.60. The zero-order valence-electron chi connectivity index (χ0n) is 12.1. The monoisotopic (exact) mass is 333 g/mol. The van der Waals surface area contributed by atoms with Gasteiger partial charge in [-0.2, -0.15) is 0 Å². The number of benzene rings is 2. The van der Waals surface area contributed by atoms with Crippen LogP contribution in [-0.4, -0.2) is 7.11 Å². The standard InChI is InChI=1S/C17H20BrNO/c1-12-9-14(7-8-17(12)20-3)11-19-13(2)15-5-4-6-16(18)10-15/h4-10,13,19H,11H2,1-3H3. The van der Waals surface area contributed by atoms with Crippen molar-refractivity contribution < 1.29 is 4.74 Å². The molecular formula is C17H20BrNO. The van der Waals surface area contributed by atoms with Crippen molar-refractivity contribution in [2.45, 2.75) is 26.4 Å². The first kappa shape index (κ1) is 15.1. The molecule has 0 aromatic heterocycles. The van der Waals surface area contributed by atoms with Crippen molar-refractivity contribution in [1.82, 2.24) is 5.32 Å². The van der Waals surface area contributed by atoms with E-state index in [4.69, 9.17) is 4.74 Å². The maximum absolute atomic E-state index is 5.28. The summed E-state index contributed by atoms with van der Waals surface area (Å²) in [5, 5.41) is 3.55. The van der Waals surface area contributed by atoms with Crippen LogP contribution in [0, 0.1) is 6.92 Å². The van der Waals surface area contributed by atoms with Crippen molar-refractivity contribution in [3.8, 4) is 5.75 Å². The van der Waals surface area contributed by atoms with Gasteiger partial charge in [0.25, 0.3) is 0 Å². The largest absolute Gasteiger partial charge is 0.496 e. The van der Waals surface area contributed by atoms with Gasteiger partial charge in [-0.15, -0.1) is 0 Å². The van der Waals surface area contributed by atoms with Crippen LogP contribution in [0.1, 0.15) is 29.7 Å². The Kier molecular flexibility index (Phi) is 5.21. The summed E-state index contributed by atoms with van der Waals surface area (Å²) in [7, 11) is 1.70. The Morgan fingerprint density at radius 1 is 1.20 bits per heavy atom. The molecule has 20 heavy (non-hydrogen) atoms. The summed E-state index contributed by atoms with van der Waals surface area (Å²) in [5.74, 6) is 0.939. The molecule has 3 heteroatoms. The number of halogens is 1. The van der Waals surface area contributed by atoms with E-state index in [2.05, 4.69) is 65.4 Å². The Hall–Kier alpha value is -1.32. The Bertz CT molecular complexity index is 583. The van der Waals surface area contributed by atoms with Crippen molar-refractivity contribution >= 4 is 15.9 Å². The van der Waals surface area contributed by atoms with E-state index in [1.807, 2.05) is 12.1 Å². The van der Waals surface area contributed by atoms with Gasteiger partial charge in [0.15, 0.2) is 0 Å². The van der Waals surface area contributed by atoms with Gasteiger partial charge in [-0.1, -0.05) is 40.2 Å². The molecule has 0 aliphatic heterocycles. The van der Waals surface area contributed by atoms with Gasteiger partial charge in [-0.3, -0.25) is 0 Å². The summed E-state index contributed by atoms with van der Waals surface area (Å²) in [5.41, 5.74) is 3.72. The van der Waals surface area contributed by atoms with Crippen LogP contribution in [0.3, 0.4) is 0 Å². The molecule has 0 spiro atoms. The van der Waals surface area contributed by atoms with Crippen LogP contribution in [0.5, 0.6) is 5.75 Å². The molecule has 0 fully saturated rings. The third-order valence-corrected chi connectivity index (χ3v) is 3.91. The van der Waals surface area contributed by atoms with Gasteiger partial charge >= 0.3 is 0 Å². The highest BCUT2D eigenvalue weighted by Gasteiger charge is 2.06. The number of rotatable bonds is 5. The molecule has 2 aromatic carbocycles. The predicted octanol–water partition coefficient (Wildman–Crippen LogP) is 4.62. The fourth-order valence-electron chi connectivity index (χ4n) is 2.22. The van der Waals surface area contributed by atoms with Gasteiger partial charge in [0.2, 0.25) is 0 Å². The van der Waals surface area contributed by atoms with Crippen molar-refractivity contribution in [3.63, 3.8) is 0 Å². The van der Waals surface area contributed by atoms with E-state index < -0.39 is 0 Å². The highest BCUT2D eigenvalue weighted by molar-refractivity contribution is 9.10. The van der Waals surface area contributed by atoms with Crippen molar-refractivity contribution in [2.75, 3.05) is 7.11 Å². The van der Waals surface area contributed by atoms with E-state index in [0.717, 1.165) is 16.8 Å². The molecule has 2 nitrogen and oxygen atoms in total. The lowest BCUT2D eigenvalue weighted by atomic mass is 10.1. The average molecular weight is 334 g/mol. The van der Waals surface area contributed by atoms with Crippen LogP contribution in [0.2, 0.25) is 0 Å². The maximum Gasteiger partial charge on any atom is 0.121 e. The number of nitrogens with one attached hydrogen (secondary N) is 1. The SMILES string of the molecule is COc1ccc(CNC(C)c2cccc(Br)c2)cc1C. The van der Waals surface area contributed by atoms with Crippen LogP contribution in [-0.2, 0) is 6.54 Å². The number of ether oxygens (including phenoxy) is 1. The Labute approximate surface area is 129 Å². The van der Waals surface area contributed by atoms with Gasteiger partial charge in [0.1, 0.15) is 5.75 Å². The van der Waals surface area contributed by atoms with Crippen LogP contribution in [0.4, 0.5) is 0 Å². The fraction of sp³-hybridized carbons (Fsp3) is 0.294. The summed E-state index contributed by atoms with van der Waals surface area (Å²) >= 11 is 3.51. The Balaban J connectivity index is 1.99. The zero-order chi connectivity index (χ0) is 14.5. The summed E-state index contributed by atoms with van der Waals surface area (Å²) in [6.45, 7) is 5.09. The van der Waals surface area contributed by atoms with Crippen LogP contribution < -0.4 is 10.1 Å². The van der Waals surface area contributed by atoms with Crippen LogP contribution in [0.15, 0.2) is 46.9 Å². The van der Waals surface area contributed by atoms with Crippen molar-refractivity contribution in [1.29, 1.82) is 0 Å². The number of hydrogen-bond acceptors (Lipinski definition) is 2. The molecule has 0 saturated carbocycles. The molecule has 2 aromatic rings. The minimum atomic E-state index is 0.315. The molecule has 0 saturated heterocycles. The first-order valence-corrected chi connectivity index (χ1v) is 7.52. The molecule has 0 aliphatic carbocycles. The summed E-state index contributed by atoms with van der Waals surface area (Å²) in [4.78, 5) is 0. The van der Waals surface area contributed by atoms with Gasteiger partial charge in [0.05, 0.1) is 7.11 Å². The molecule has 106 valence electrons. The van der Waals surface area contributed by atoms with Crippen LogP contribution in [0.25, 0.3) is 0 Å². The number of methoxy groups -OCH3 is 1. The topological polar surface area (TPSA) is 21.3 Å². The quantitative estimate of drug-likeness (QED) is 0.862. The fourth-order valence-corrected chi connectivity index (χ4v) is 2.63. The lowest BCUT2D eigenvalue weighted by molar-refractivity contribution is 0.411. The molecule has 1 N–H and O–H groups in total. The molecule has 2 rings (SSSR count). The molecule has 0 amide bonds. The molecule has 0 heterocycles. The maximum atomic E-state index is 5.28. The summed E-state index contributed by atoms with van der Waals surface area (Å²) in [6.07, 6.45) is 0. The van der Waals surface area contributed by atoms with E-state index in [9.17, 15) is 0 Å². The summed E-state index contributed by atoms with van der Waals surface area (Å²) < 4.78 is 6.40. The zero-order valence-corrected chi connectivity index (χ0v) is 13.7. The van der Waals surface area contributed by atoms with E-state index in [0.29, 0.717) is 6.04 Å². The van der Waals surface area contributed by atoms with Gasteiger partial charge < -0.3 is 10.1 Å². The van der Waals surface area contributed by atoms with Gasteiger partial charge in [-0.25, -0.2) is 0 Å². The van der Waals surface area contributed by atoms with Crippen molar-refractivity contribution in [3.05, 3.63) is 63.6 Å². The molecule has 1 unspecified atom stereocenters. The highest BCUT2D eigenvalue weighted by Crippen LogP contribution is 2.20. The lowest BCUT2D eigenvalue weighted by Crippen LogP contribution is -2.18. The first-order valence-electron chi connectivity index (χ1n) is 6.72. The highest BCUT2D eigenvalue weighted by atomic mass is 79.9. The smallest absolute Gasteiger partial charge is 0.121 e. The normalized spacial score (nSPS) is 12.2. The van der Waals surface area contributed by atoms with E-state index >= 15 is 0 Å². The Morgan fingerprint density at radius 2 is 2.00 bits per heavy atom. The second kappa shape index (κ2) is 6.91. The second-order valence-electron chi connectivity index (χ2n) is 4.96. The molecular weight excluding hydrogens is 314 g/mol. The van der Waals surface area contributed by atoms with E-state index in [-0.39, 0.29) is 0 Å². The van der Waals surface area contributed by atoms with Gasteiger partial charge in [-0.05, 0) is 48.7 Å². The third kappa shape index (κ3) is 3.84. The Morgan fingerprint density at radius 3 is 2.65 bits per heavy atom. The average Bonchev–Trinajstić information content (AvgIpc) is 2.45. The molecule has 0 radical (unpaired) electrons. The van der Waals surface area contributed by atoms with E-state index in [1.54, 1.807) is 7.11 Å². The minimum Gasteiger partial charge on any atom is -0.496 e. The third-order valence-electron chi connectivity index (χ3n) is 3.42. The van der Waals surface area contributed by atoms with E-state index in [1.165, 1.54) is 16.7 Å². The molecule has 1 atom stereocenters. The molecule has 0 aliphatic rings. The number of aryl methyl sites for hydroxylation is 1. The number of hydrogen-bond donors (Lipinski definition) is 1.